The molecule has 0 saturated carbocycles. The molecule has 6 heteroatoms. The summed E-state index contributed by atoms with van der Waals surface area (Å²) in [4.78, 5) is 25.3. The minimum absolute atomic E-state index is 0.0681. The van der Waals surface area contributed by atoms with Crippen LogP contribution in [-0.4, -0.2) is 17.1 Å². The van der Waals surface area contributed by atoms with Crippen molar-refractivity contribution in [2.75, 3.05) is 11.9 Å². The molecule has 1 aromatic heterocycles. The molecular formula is C19H17ClN2O3. The third-order valence-electron chi connectivity index (χ3n) is 3.82. The van der Waals surface area contributed by atoms with Crippen LogP contribution in [0.15, 0.2) is 53.5 Å². The quantitative estimate of drug-likeness (QED) is 0.772. The van der Waals surface area contributed by atoms with Crippen molar-refractivity contribution in [3.8, 4) is 5.75 Å². The highest BCUT2D eigenvalue weighted by atomic mass is 35.5. The van der Waals surface area contributed by atoms with Gasteiger partial charge in [0, 0.05) is 24.0 Å². The van der Waals surface area contributed by atoms with Gasteiger partial charge >= 0.3 is 0 Å². The van der Waals surface area contributed by atoms with Gasteiger partial charge in [-0.3, -0.25) is 9.59 Å². The van der Waals surface area contributed by atoms with Gasteiger partial charge in [-0.2, -0.15) is 0 Å². The van der Waals surface area contributed by atoms with Gasteiger partial charge in [0.2, 0.25) is 5.43 Å². The lowest BCUT2D eigenvalue weighted by molar-refractivity contribution is 0.102. The summed E-state index contributed by atoms with van der Waals surface area (Å²) in [6.45, 7) is 2.38. The average molecular weight is 357 g/mol. The molecular weight excluding hydrogens is 340 g/mol. The van der Waals surface area contributed by atoms with Gasteiger partial charge in [0.1, 0.15) is 11.3 Å². The van der Waals surface area contributed by atoms with Crippen molar-refractivity contribution >= 4 is 34.1 Å². The molecule has 2 aromatic carbocycles. The molecule has 0 aliphatic carbocycles. The molecule has 1 N–H and O–H groups in total. The maximum absolute atomic E-state index is 12.8. The number of carbonyl (C=O) groups is 1. The highest BCUT2D eigenvalue weighted by molar-refractivity contribution is 6.30. The Hall–Kier alpha value is -2.79. The average Bonchev–Trinajstić information content (AvgIpc) is 2.60. The molecule has 0 fully saturated rings. The molecule has 0 aliphatic rings. The van der Waals surface area contributed by atoms with Crippen molar-refractivity contribution in [2.45, 2.75) is 6.92 Å². The molecule has 0 radical (unpaired) electrons. The summed E-state index contributed by atoms with van der Waals surface area (Å²) in [6.07, 6.45) is 1.54. The van der Waals surface area contributed by atoms with E-state index in [2.05, 4.69) is 5.32 Å². The van der Waals surface area contributed by atoms with Gasteiger partial charge in [0.25, 0.3) is 5.91 Å². The second-order valence-corrected chi connectivity index (χ2v) is 5.99. The smallest absolute Gasteiger partial charge is 0.261 e. The number of fused-ring (bicyclic) bond motifs is 1. The zero-order valence-corrected chi connectivity index (χ0v) is 14.6. The van der Waals surface area contributed by atoms with E-state index in [1.807, 2.05) is 13.0 Å². The first-order chi connectivity index (χ1) is 12.0. The number of nitrogens with one attached hydrogen (secondary N) is 1. The maximum Gasteiger partial charge on any atom is 0.261 e. The van der Waals surface area contributed by atoms with Gasteiger partial charge in [-0.05, 0) is 49.4 Å². The molecule has 0 unspecified atom stereocenters. The summed E-state index contributed by atoms with van der Waals surface area (Å²) < 4.78 is 7.21. The molecule has 0 bridgehead atoms. The van der Waals surface area contributed by atoms with E-state index in [-0.39, 0.29) is 11.0 Å². The fourth-order valence-electron chi connectivity index (χ4n) is 2.62. The zero-order chi connectivity index (χ0) is 18.0. The maximum atomic E-state index is 12.8. The molecule has 0 atom stereocenters. The Labute approximate surface area is 149 Å². The lowest BCUT2D eigenvalue weighted by Gasteiger charge is -2.11. The number of pyridine rings is 1. The Bertz CT molecular complexity index is 994. The number of nitrogens with zero attached hydrogens (tertiary/aromatic N) is 1. The Kier molecular flexibility index (Phi) is 4.76. The molecule has 128 valence electrons. The van der Waals surface area contributed by atoms with Gasteiger partial charge in [0.15, 0.2) is 0 Å². The summed E-state index contributed by atoms with van der Waals surface area (Å²) in [5, 5.41) is 3.73. The van der Waals surface area contributed by atoms with E-state index in [4.69, 9.17) is 16.3 Å². The monoisotopic (exact) mass is 356 g/mol. The summed E-state index contributed by atoms with van der Waals surface area (Å²) in [5.41, 5.74) is 1.04. The van der Waals surface area contributed by atoms with Crippen molar-refractivity contribution in [2.24, 2.45) is 7.05 Å². The number of carbonyl (C=O) groups excluding carboxylic acids is 1. The van der Waals surface area contributed by atoms with E-state index in [0.717, 1.165) is 5.52 Å². The lowest BCUT2D eigenvalue weighted by atomic mass is 10.1. The first kappa shape index (κ1) is 17.0. The highest BCUT2D eigenvalue weighted by Gasteiger charge is 2.15. The molecule has 5 nitrogen and oxygen atoms in total. The van der Waals surface area contributed by atoms with Crippen LogP contribution in [0.1, 0.15) is 17.3 Å². The van der Waals surface area contributed by atoms with Gasteiger partial charge < -0.3 is 14.6 Å². The largest absolute Gasteiger partial charge is 0.494 e. The van der Waals surface area contributed by atoms with Crippen LogP contribution < -0.4 is 15.5 Å². The molecule has 3 rings (SSSR count). The van der Waals surface area contributed by atoms with Crippen LogP contribution in [0.3, 0.4) is 0 Å². The van der Waals surface area contributed by atoms with Crippen LogP contribution in [0.5, 0.6) is 5.75 Å². The van der Waals surface area contributed by atoms with E-state index >= 15 is 0 Å². The van der Waals surface area contributed by atoms with E-state index in [0.29, 0.717) is 28.5 Å². The molecule has 0 aliphatic heterocycles. The summed E-state index contributed by atoms with van der Waals surface area (Å²) in [6, 6.07) is 12.0. The van der Waals surface area contributed by atoms with Crippen LogP contribution >= 0.6 is 11.6 Å². The Morgan fingerprint density at radius 1 is 1.20 bits per heavy atom. The Morgan fingerprint density at radius 3 is 2.60 bits per heavy atom. The summed E-state index contributed by atoms with van der Waals surface area (Å²) >= 11 is 5.84. The van der Waals surface area contributed by atoms with Crippen LogP contribution in [0, 0.1) is 0 Å². The zero-order valence-electron chi connectivity index (χ0n) is 13.9. The molecule has 1 heterocycles. The number of halogens is 1. The van der Waals surface area contributed by atoms with Crippen LogP contribution in [0.4, 0.5) is 5.69 Å². The predicted octanol–water partition coefficient (Wildman–Crippen LogP) is 3.84. The van der Waals surface area contributed by atoms with E-state index in [1.165, 1.54) is 6.20 Å². The van der Waals surface area contributed by atoms with Crippen molar-refractivity contribution in [3.63, 3.8) is 0 Å². The van der Waals surface area contributed by atoms with E-state index in [9.17, 15) is 9.59 Å². The van der Waals surface area contributed by atoms with Crippen molar-refractivity contribution in [1.29, 1.82) is 0 Å². The normalized spacial score (nSPS) is 10.7. The standard InChI is InChI=1S/C19H17ClN2O3/c1-3-25-14-8-9-17-15(10-14)18(23)16(11-22(17)2)19(24)21-13-6-4-12(20)5-7-13/h4-11H,3H2,1-2H3,(H,21,24). The second kappa shape index (κ2) is 6.99. The van der Waals surface area contributed by atoms with Gasteiger partial charge in [0.05, 0.1) is 17.5 Å². The number of hydrogen-bond donors (Lipinski definition) is 1. The third kappa shape index (κ3) is 3.51. The highest BCUT2D eigenvalue weighted by Crippen LogP contribution is 2.19. The minimum Gasteiger partial charge on any atom is -0.494 e. The number of aryl methyl sites for hydroxylation is 1. The van der Waals surface area contributed by atoms with Gasteiger partial charge in [-0.1, -0.05) is 11.6 Å². The predicted molar refractivity (Wildman–Crippen MR) is 99.8 cm³/mol. The van der Waals surface area contributed by atoms with Crippen molar-refractivity contribution in [1.82, 2.24) is 4.57 Å². The lowest BCUT2D eigenvalue weighted by Crippen LogP contribution is -2.23. The fraction of sp³-hybridized carbons (Fsp3) is 0.158. The van der Waals surface area contributed by atoms with Gasteiger partial charge in [-0.15, -0.1) is 0 Å². The number of hydrogen-bond acceptors (Lipinski definition) is 3. The number of benzene rings is 2. The third-order valence-corrected chi connectivity index (χ3v) is 4.07. The minimum atomic E-state index is -0.466. The number of ether oxygens (including phenoxy) is 1. The molecule has 3 aromatic rings. The number of anilines is 1. The number of aromatic nitrogens is 1. The molecule has 25 heavy (non-hydrogen) atoms. The Morgan fingerprint density at radius 2 is 1.92 bits per heavy atom. The topological polar surface area (TPSA) is 60.3 Å². The number of rotatable bonds is 4. The molecule has 0 saturated heterocycles. The SMILES string of the molecule is CCOc1ccc2c(c1)c(=O)c(C(=O)Nc1ccc(Cl)cc1)cn2C. The second-order valence-electron chi connectivity index (χ2n) is 5.56. The summed E-state index contributed by atoms with van der Waals surface area (Å²) in [5.74, 6) is 0.133. The number of amides is 1. The Balaban J connectivity index is 2.03. The fourth-order valence-corrected chi connectivity index (χ4v) is 2.75. The van der Waals surface area contributed by atoms with Crippen molar-refractivity contribution in [3.05, 3.63) is 69.5 Å². The molecule has 1 amide bonds. The summed E-state index contributed by atoms with van der Waals surface area (Å²) in [7, 11) is 1.79. The van der Waals surface area contributed by atoms with Crippen LogP contribution in [0.2, 0.25) is 5.02 Å². The van der Waals surface area contributed by atoms with Crippen LogP contribution in [-0.2, 0) is 7.05 Å². The molecule has 0 spiro atoms. The van der Waals surface area contributed by atoms with E-state index in [1.54, 1.807) is 48.0 Å². The van der Waals surface area contributed by atoms with E-state index < -0.39 is 5.91 Å². The van der Waals surface area contributed by atoms with Crippen LogP contribution in [0.25, 0.3) is 10.9 Å². The first-order valence-electron chi connectivity index (χ1n) is 7.82. The van der Waals surface area contributed by atoms with Crippen molar-refractivity contribution < 1.29 is 9.53 Å². The first-order valence-corrected chi connectivity index (χ1v) is 8.20. The van der Waals surface area contributed by atoms with Gasteiger partial charge in [-0.25, -0.2) is 0 Å².